The van der Waals surface area contributed by atoms with E-state index in [-0.39, 0.29) is 12.4 Å². The van der Waals surface area contributed by atoms with Gasteiger partial charge in [-0.15, -0.1) is 0 Å². The Labute approximate surface area is 93.3 Å². The molecular formula is C10H13ClN2O2. The lowest BCUT2D eigenvalue weighted by molar-refractivity contribution is -0.142. The van der Waals surface area contributed by atoms with E-state index in [0.29, 0.717) is 17.3 Å². The summed E-state index contributed by atoms with van der Waals surface area (Å²) >= 11 is 5.90. The zero-order valence-electron chi connectivity index (χ0n) is 8.42. The highest BCUT2D eigenvalue weighted by Gasteiger charge is 2.06. The van der Waals surface area contributed by atoms with Crippen LogP contribution < -0.4 is 11.3 Å². The molecule has 0 amide bonds. The van der Waals surface area contributed by atoms with Crippen LogP contribution in [0.1, 0.15) is 12.5 Å². The van der Waals surface area contributed by atoms with E-state index in [1.165, 1.54) is 0 Å². The molecule has 0 aliphatic rings. The fourth-order valence-electron chi connectivity index (χ4n) is 1.16. The van der Waals surface area contributed by atoms with Gasteiger partial charge in [0.1, 0.15) is 0 Å². The number of ether oxygens (including phenoxy) is 1. The number of carbonyl (C=O) groups is 1. The fourth-order valence-corrected chi connectivity index (χ4v) is 1.42. The van der Waals surface area contributed by atoms with Crippen LogP contribution in [0.2, 0.25) is 5.02 Å². The van der Waals surface area contributed by atoms with Gasteiger partial charge in [0.2, 0.25) is 0 Å². The Kier molecular flexibility index (Phi) is 4.39. The van der Waals surface area contributed by atoms with Crippen molar-refractivity contribution in [2.24, 2.45) is 5.84 Å². The molecule has 0 aliphatic carbocycles. The molecule has 1 aromatic carbocycles. The number of nitrogen functional groups attached to an aromatic ring is 1. The van der Waals surface area contributed by atoms with Gasteiger partial charge in [-0.2, -0.15) is 0 Å². The summed E-state index contributed by atoms with van der Waals surface area (Å²) in [5.41, 5.74) is 3.88. The van der Waals surface area contributed by atoms with Crippen molar-refractivity contribution in [3.8, 4) is 0 Å². The lowest BCUT2D eigenvalue weighted by Crippen LogP contribution is -2.09. The number of hydrogen-bond donors (Lipinski definition) is 2. The van der Waals surface area contributed by atoms with Crippen molar-refractivity contribution in [1.29, 1.82) is 0 Å². The summed E-state index contributed by atoms with van der Waals surface area (Å²) in [6.45, 7) is 2.15. The molecule has 1 aromatic rings. The molecule has 4 nitrogen and oxygen atoms in total. The molecule has 0 fully saturated rings. The highest BCUT2D eigenvalue weighted by Crippen LogP contribution is 2.22. The summed E-state index contributed by atoms with van der Waals surface area (Å²) in [4.78, 5) is 11.2. The minimum Gasteiger partial charge on any atom is -0.466 e. The smallest absolute Gasteiger partial charge is 0.310 e. The molecule has 0 bridgehead atoms. The zero-order chi connectivity index (χ0) is 11.3. The van der Waals surface area contributed by atoms with Crippen LogP contribution in [-0.2, 0) is 16.0 Å². The van der Waals surface area contributed by atoms with E-state index in [2.05, 4.69) is 5.43 Å². The van der Waals surface area contributed by atoms with Crippen LogP contribution in [0.3, 0.4) is 0 Å². The normalized spacial score (nSPS) is 9.80. The number of nitrogens with two attached hydrogens (primary N) is 1. The summed E-state index contributed by atoms with van der Waals surface area (Å²) in [7, 11) is 0. The number of carbonyl (C=O) groups excluding carboxylic acids is 1. The number of anilines is 1. The van der Waals surface area contributed by atoms with Gasteiger partial charge in [0, 0.05) is 0 Å². The van der Waals surface area contributed by atoms with Crippen molar-refractivity contribution < 1.29 is 9.53 Å². The number of esters is 1. The van der Waals surface area contributed by atoms with Gasteiger partial charge in [-0.25, -0.2) is 0 Å². The molecule has 0 aromatic heterocycles. The first-order valence-electron chi connectivity index (χ1n) is 4.58. The molecule has 15 heavy (non-hydrogen) atoms. The van der Waals surface area contributed by atoms with Crippen molar-refractivity contribution in [3.63, 3.8) is 0 Å². The van der Waals surface area contributed by atoms with Crippen molar-refractivity contribution in [2.75, 3.05) is 12.0 Å². The summed E-state index contributed by atoms with van der Waals surface area (Å²) < 4.78 is 4.82. The van der Waals surface area contributed by atoms with Gasteiger partial charge >= 0.3 is 5.97 Å². The summed E-state index contributed by atoms with van der Waals surface area (Å²) in [6, 6.07) is 5.18. The molecule has 0 radical (unpaired) electrons. The maximum Gasteiger partial charge on any atom is 0.310 e. The standard InChI is InChI=1S/C10H13ClN2O2/c1-2-15-10(14)6-7-3-4-9(13-12)8(11)5-7/h3-5,13H,2,6,12H2,1H3. The lowest BCUT2D eigenvalue weighted by Gasteiger charge is -2.06. The van der Waals surface area contributed by atoms with E-state index in [9.17, 15) is 4.79 Å². The first kappa shape index (κ1) is 11.8. The monoisotopic (exact) mass is 228 g/mol. The number of benzene rings is 1. The van der Waals surface area contributed by atoms with E-state index in [0.717, 1.165) is 5.56 Å². The fraction of sp³-hybridized carbons (Fsp3) is 0.300. The zero-order valence-corrected chi connectivity index (χ0v) is 9.17. The first-order valence-corrected chi connectivity index (χ1v) is 4.95. The second-order valence-electron chi connectivity index (χ2n) is 2.94. The van der Waals surface area contributed by atoms with Crippen LogP contribution >= 0.6 is 11.6 Å². The number of hydrazine groups is 1. The van der Waals surface area contributed by atoms with E-state index in [1.54, 1.807) is 25.1 Å². The maximum absolute atomic E-state index is 11.2. The van der Waals surface area contributed by atoms with Gasteiger partial charge in [-0.1, -0.05) is 17.7 Å². The second kappa shape index (κ2) is 5.58. The molecule has 0 unspecified atom stereocenters. The molecule has 0 aliphatic heterocycles. The molecule has 0 heterocycles. The topological polar surface area (TPSA) is 64.3 Å². The molecular weight excluding hydrogens is 216 g/mol. The predicted octanol–water partition coefficient (Wildman–Crippen LogP) is 1.73. The summed E-state index contributed by atoms with van der Waals surface area (Å²) in [6.07, 6.45) is 0.221. The Bertz CT molecular complexity index is 355. The lowest BCUT2D eigenvalue weighted by atomic mass is 10.1. The number of halogens is 1. The van der Waals surface area contributed by atoms with Crippen molar-refractivity contribution in [3.05, 3.63) is 28.8 Å². The van der Waals surface area contributed by atoms with E-state index < -0.39 is 0 Å². The molecule has 0 saturated carbocycles. The minimum absolute atomic E-state index is 0.221. The Morgan fingerprint density at radius 2 is 2.33 bits per heavy atom. The van der Waals surface area contributed by atoms with Crippen LogP contribution in [0.15, 0.2) is 18.2 Å². The van der Waals surface area contributed by atoms with Gasteiger partial charge in [0.25, 0.3) is 0 Å². The van der Waals surface area contributed by atoms with E-state index >= 15 is 0 Å². The average molecular weight is 229 g/mol. The Balaban J connectivity index is 2.71. The third-order valence-electron chi connectivity index (χ3n) is 1.84. The number of hydrogen-bond acceptors (Lipinski definition) is 4. The van der Waals surface area contributed by atoms with Gasteiger partial charge < -0.3 is 10.2 Å². The Morgan fingerprint density at radius 3 is 2.87 bits per heavy atom. The first-order chi connectivity index (χ1) is 7.17. The van der Waals surface area contributed by atoms with Crippen LogP contribution in [0.5, 0.6) is 0 Å². The van der Waals surface area contributed by atoms with Gasteiger partial charge in [-0.05, 0) is 24.6 Å². The molecule has 0 saturated heterocycles. The third-order valence-corrected chi connectivity index (χ3v) is 2.16. The molecule has 0 atom stereocenters. The van der Waals surface area contributed by atoms with E-state index in [4.69, 9.17) is 22.2 Å². The third kappa shape index (κ3) is 3.42. The molecule has 0 spiro atoms. The van der Waals surface area contributed by atoms with Crippen LogP contribution in [0.4, 0.5) is 5.69 Å². The quantitative estimate of drug-likeness (QED) is 0.468. The average Bonchev–Trinajstić information content (AvgIpc) is 2.18. The predicted molar refractivity (Wildman–Crippen MR) is 59.6 cm³/mol. The molecule has 5 heteroatoms. The van der Waals surface area contributed by atoms with Crippen LogP contribution in [-0.4, -0.2) is 12.6 Å². The van der Waals surface area contributed by atoms with Crippen molar-refractivity contribution >= 4 is 23.3 Å². The summed E-state index contributed by atoms with van der Waals surface area (Å²) in [5.74, 6) is 4.96. The highest BCUT2D eigenvalue weighted by molar-refractivity contribution is 6.33. The second-order valence-corrected chi connectivity index (χ2v) is 3.35. The van der Waals surface area contributed by atoms with Gasteiger partial charge in [-0.3, -0.25) is 10.6 Å². The van der Waals surface area contributed by atoms with Crippen LogP contribution in [0, 0.1) is 0 Å². The Morgan fingerprint density at radius 1 is 1.60 bits per heavy atom. The van der Waals surface area contributed by atoms with Crippen molar-refractivity contribution in [2.45, 2.75) is 13.3 Å². The molecule has 82 valence electrons. The van der Waals surface area contributed by atoms with Crippen LogP contribution in [0.25, 0.3) is 0 Å². The van der Waals surface area contributed by atoms with Crippen molar-refractivity contribution in [1.82, 2.24) is 0 Å². The minimum atomic E-state index is -0.262. The molecule has 3 N–H and O–H groups in total. The highest BCUT2D eigenvalue weighted by atomic mass is 35.5. The molecule has 1 rings (SSSR count). The summed E-state index contributed by atoms with van der Waals surface area (Å²) in [5, 5.41) is 0.485. The number of rotatable bonds is 4. The van der Waals surface area contributed by atoms with Gasteiger partial charge in [0.05, 0.1) is 23.7 Å². The number of nitrogens with one attached hydrogen (secondary N) is 1. The largest absolute Gasteiger partial charge is 0.466 e. The van der Waals surface area contributed by atoms with E-state index in [1.807, 2.05) is 0 Å². The SMILES string of the molecule is CCOC(=O)Cc1ccc(NN)c(Cl)c1. The maximum atomic E-state index is 11.2. The Hall–Kier alpha value is -1.26. The van der Waals surface area contributed by atoms with Gasteiger partial charge in [0.15, 0.2) is 0 Å².